The van der Waals surface area contributed by atoms with Crippen LogP contribution in [0, 0.1) is 0 Å². The van der Waals surface area contributed by atoms with Crippen molar-refractivity contribution in [3.8, 4) is 11.5 Å². The lowest BCUT2D eigenvalue weighted by molar-refractivity contribution is -0.0739. The summed E-state index contributed by atoms with van der Waals surface area (Å²) in [5.41, 5.74) is 4.99. The molecule has 3 fully saturated rings. The van der Waals surface area contributed by atoms with Crippen molar-refractivity contribution in [3.63, 3.8) is 0 Å². The zero-order valence-electron chi connectivity index (χ0n) is 36.4. The average Bonchev–Trinajstić information content (AvgIpc) is 3.54. The van der Waals surface area contributed by atoms with Crippen LogP contribution in [0.15, 0.2) is 121 Å². The Morgan fingerprint density at radius 3 is 1.20 bits per heavy atom. The minimum Gasteiger partial charge on any atom is -0.497 e. The maximum atomic E-state index is 15.8. The normalized spacial score (nSPS) is 19.9. The van der Waals surface area contributed by atoms with Gasteiger partial charge in [0.05, 0.1) is 27.3 Å². The van der Waals surface area contributed by atoms with E-state index < -0.39 is 11.3 Å². The quantitative estimate of drug-likeness (QED) is 0.0834. The number of unbranched alkanes of at least 4 members (excludes halogenated alkanes) is 8. The number of hydrogen-bond acceptors (Lipinski definition) is 4. The number of carbonyl (C=O) groups excluding carboxylic acids is 2. The van der Waals surface area contributed by atoms with Crippen LogP contribution in [-0.4, -0.2) is 59.0 Å². The molecule has 7 rings (SSSR count). The van der Waals surface area contributed by atoms with Gasteiger partial charge in [0, 0.05) is 24.2 Å². The first kappa shape index (κ1) is 42.6. The molecule has 0 unspecified atom stereocenters. The van der Waals surface area contributed by atoms with Gasteiger partial charge >= 0.3 is 12.1 Å². The molecule has 0 N–H and O–H groups in total. The topological polar surface area (TPSA) is 65.6 Å². The van der Waals surface area contributed by atoms with Crippen LogP contribution in [0.4, 0.5) is 9.59 Å². The number of carbonyl (C=O) groups is 2. The second-order valence-corrected chi connectivity index (χ2v) is 16.9. The van der Waals surface area contributed by atoms with Crippen LogP contribution in [0.3, 0.4) is 0 Å². The minimum absolute atomic E-state index is 0.168. The first-order valence-electron chi connectivity index (χ1n) is 22.2. The number of nitrogens with zero attached hydrogens (tertiary/aromatic N) is 4. The van der Waals surface area contributed by atoms with Crippen molar-refractivity contribution in [2.75, 3.05) is 27.3 Å². The molecule has 4 aromatic rings. The lowest BCUT2D eigenvalue weighted by atomic mass is 9.78. The third-order valence-electron chi connectivity index (χ3n) is 13.0. The molecule has 60 heavy (non-hydrogen) atoms. The van der Waals surface area contributed by atoms with E-state index in [1.54, 1.807) is 14.2 Å². The zero-order chi connectivity index (χ0) is 42.3. The van der Waals surface area contributed by atoms with Gasteiger partial charge in [-0.25, -0.2) is 9.59 Å². The van der Waals surface area contributed by atoms with Crippen molar-refractivity contribution < 1.29 is 19.1 Å². The molecule has 0 radical (unpaired) electrons. The van der Waals surface area contributed by atoms with Gasteiger partial charge in [-0.15, -0.1) is 0 Å². The Bertz CT molecular complexity index is 2020. The van der Waals surface area contributed by atoms with Crippen LogP contribution < -0.4 is 9.47 Å². The van der Waals surface area contributed by atoms with Gasteiger partial charge in [-0.3, -0.25) is 19.6 Å². The second kappa shape index (κ2) is 18.8. The van der Waals surface area contributed by atoms with Crippen LogP contribution in [0.1, 0.15) is 111 Å². The molecule has 0 spiro atoms. The Labute approximate surface area is 358 Å². The van der Waals surface area contributed by atoms with Gasteiger partial charge < -0.3 is 9.47 Å². The molecule has 3 aliphatic heterocycles. The highest BCUT2D eigenvalue weighted by Gasteiger charge is 2.80. The van der Waals surface area contributed by atoms with Crippen LogP contribution in [0.5, 0.6) is 11.5 Å². The highest BCUT2D eigenvalue weighted by Crippen LogP contribution is 2.64. The SMILES string of the molecule is C=C1CN2C(=O)N(Cc3ccc(OC)cc3)C3(c4ccc(CCCCCCC)cc4)N(Cc4ccc(OC)cc4)C(=O)N(CC1=C)C23c1ccc(CCCCCCC)cc1. The Kier molecular flexibility index (Phi) is 13.4. The van der Waals surface area contributed by atoms with Crippen LogP contribution in [0.2, 0.25) is 0 Å². The smallest absolute Gasteiger partial charge is 0.325 e. The number of urea groups is 2. The van der Waals surface area contributed by atoms with Crippen LogP contribution >= 0.6 is 0 Å². The molecular formula is C52H64N4O4. The summed E-state index contributed by atoms with van der Waals surface area (Å²) in [5.74, 6) is 1.47. The summed E-state index contributed by atoms with van der Waals surface area (Å²) in [5, 5.41) is 0. The summed E-state index contributed by atoms with van der Waals surface area (Å²) in [6.45, 7) is 14.4. The van der Waals surface area contributed by atoms with Crippen LogP contribution in [0.25, 0.3) is 0 Å². The van der Waals surface area contributed by atoms with E-state index in [4.69, 9.17) is 9.47 Å². The zero-order valence-corrected chi connectivity index (χ0v) is 36.4. The lowest BCUT2D eigenvalue weighted by Crippen LogP contribution is -2.63. The largest absolute Gasteiger partial charge is 0.497 e. The predicted molar refractivity (Wildman–Crippen MR) is 241 cm³/mol. The summed E-state index contributed by atoms with van der Waals surface area (Å²) >= 11 is 0. The fourth-order valence-electron chi connectivity index (χ4n) is 9.75. The molecule has 8 heteroatoms. The number of amides is 4. The molecule has 0 bridgehead atoms. The summed E-state index contributed by atoms with van der Waals surface area (Å²) in [6, 6.07) is 33.0. The number of rotatable bonds is 20. The number of hydrogen-bond donors (Lipinski definition) is 0. The van der Waals surface area contributed by atoms with Crippen molar-refractivity contribution in [1.29, 1.82) is 0 Å². The van der Waals surface area contributed by atoms with E-state index in [0.717, 1.165) is 70.6 Å². The molecular weight excluding hydrogens is 745 g/mol. The van der Waals surface area contributed by atoms with E-state index in [1.807, 2.05) is 68.1 Å². The molecule has 3 aliphatic rings. The van der Waals surface area contributed by atoms with Gasteiger partial charge in [-0.1, -0.05) is 151 Å². The molecule has 0 aromatic heterocycles. The Morgan fingerprint density at radius 1 is 0.483 bits per heavy atom. The van der Waals surface area contributed by atoms with Gasteiger partial charge in [-0.2, -0.15) is 0 Å². The fourth-order valence-corrected chi connectivity index (χ4v) is 9.75. The van der Waals surface area contributed by atoms with Crippen molar-refractivity contribution in [2.45, 2.75) is 115 Å². The maximum absolute atomic E-state index is 15.8. The molecule has 8 nitrogen and oxygen atoms in total. The van der Waals surface area contributed by atoms with Crippen LogP contribution in [-0.2, 0) is 37.3 Å². The van der Waals surface area contributed by atoms with E-state index >= 15 is 9.59 Å². The molecule has 316 valence electrons. The minimum atomic E-state index is -1.33. The van der Waals surface area contributed by atoms with Gasteiger partial charge in [0.15, 0.2) is 11.3 Å². The van der Waals surface area contributed by atoms with Gasteiger partial charge in [0.1, 0.15) is 11.5 Å². The summed E-state index contributed by atoms with van der Waals surface area (Å²) in [7, 11) is 3.31. The summed E-state index contributed by atoms with van der Waals surface area (Å²) < 4.78 is 11.1. The maximum Gasteiger partial charge on any atom is 0.325 e. The van der Waals surface area contributed by atoms with E-state index in [0.29, 0.717) is 0 Å². The number of methoxy groups -OCH3 is 2. The highest BCUT2D eigenvalue weighted by molar-refractivity contribution is 5.91. The Hall–Kier alpha value is -5.50. The standard InChI is InChI=1S/C52H64N4O4/c1-7-9-11-13-15-17-41-19-27-45(28-20-41)51-52(46-29-21-42(22-30-46)18-16-14-12-10-8-2)55(37-43-23-31-47(59-5)32-24-43)49(57)53(51)35-39(3)40(4)36-54(51)50(58)56(52)38-44-25-33-48(60-6)34-26-44/h19-34H,3-4,7-18,35-38H2,1-2,5-6H3. The third-order valence-corrected chi connectivity index (χ3v) is 13.0. The third kappa shape index (κ3) is 7.81. The Balaban J connectivity index is 1.45. The highest BCUT2D eigenvalue weighted by atomic mass is 16.5. The lowest BCUT2D eigenvalue weighted by Gasteiger charge is -2.50. The second-order valence-electron chi connectivity index (χ2n) is 16.9. The van der Waals surface area contributed by atoms with E-state index in [-0.39, 0.29) is 38.2 Å². The van der Waals surface area contributed by atoms with E-state index in [9.17, 15) is 0 Å². The predicted octanol–water partition coefficient (Wildman–Crippen LogP) is 11.7. The molecule has 4 amide bonds. The molecule has 0 saturated carbocycles. The average molecular weight is 809 g/mol. The molecule has 3 saturated heterocycles. The number of aryl methyl sites for hydroxylation is 2. The first-order valence-corrected chi connectivity index (χ1v) is 22.2. The first-order chi connectivity index (χ1) is 29.2. The van der Waals surface area contributed by atoms with Crippen molar-refractivity contribution >= 4 is 12.1 Å². The van der Waals surface area contributed by atoms with Crippen molar-refractivity contribution in [2.24, 2.45) is 0 Å². The monoisotopic (exact) mass is 808 g/mol. The number of ether oxygens (including phenoxy) is 2. The molecule has 4 aromatic carbocycles. The number of benzene rings is 4. The Morgan fingerprint density at radius 2 is 0.833 bits per heavy atom. The fraction of sp³-hybridized carbons (Fsp3) is 0.423. The van der Waals surface area contributed by atoms with Gasteiger partial charge in [0.2, 0.25) is 0 Å². The van der Waals surface area contributed by atoms with E-state index in [2.05, 4.69) is 75.5 Å². The molecule has 3 heterocycles. The van der Waals surface area contributed by atoms with E-state index in [1.165, 1.54) is 62.5 Å². The van der Waals surface area contributed by atoms with Gasteiger partial charge in [-0.05, 0) is 83.3 Å². The summed E-state index contributed by atoms with van der Waals surface area (Å²) in [6.07, 6.45) is 14.0. The summed E-state index contributed by atoms with van der Waals surface area (Å²) in [4.78, 5) is 39.3. The molecule has 0 aliphatic carbocycles. The van der Waals surface area contributed by atoms with Crippen molar-refractivity contribution in [3.05, 3.63) is 155 Å². The molecule has 0 atom stereocenters. The van der Waals surface area contributed by atoms with Crippen molar-refractivity contribution in [1.82, 2.24) is 19.6 Å². The van der Waals surface area contributed by atoms with Gasteiger partial charge in [0.25, 0.3) is 0 Å².